The van der Waals surface area contributed by atoms with E-state index in [9.17, 15) is 35.9 Å². The average molecular weight is 1110 g/mol. The summed E-state index contributed by atoms with van der Waals surface area (Å²) in [5.41, 5.74) is -0.333. The van der Waals surface area contributed by atoms with E-state index in [-0.39, 0.29) is 69.2 Å². The Kier molecular flexibility index (Phi) is 16.4. The minimum Gasteiger partial charge on any atom is -0.444 e. The van der Waals surface area contributed by atoms with Crippen LogP contribution >= 0.6 is 11.6 Å². The fraction of sp³-hybridized carbons (Fsp3) is 0.565. The van der Waals surface area contributed by atoms with Crippen LogP contribution in [0.5, 0.6) is 0 Å². The van der Waals surface area contributed by atoms with Crippen molar-refractivity contribution >= 4 is 75.6 Å². The monoisotopic (exact) mass is 1110 g/mol. The van der Waals surface area contributed by atoms with E-state index in [0.717, 1.165) is 9.13 Å². The Balaban J connectivity index is 0.000000207. The van der Waals surface area contributed by atoms with Crippen LogP contribution in [0.3, 0.4) is 0 Å². The van der Waals surface area contributed by atoms with Gasteiger partial charge in [-0.3, -0.25) is 19.8 Å². The maximum atomic E-state index is 14.0. The third-order valence-corrected chi connectivity index (χ3v) is 11.6. The number of alkyl halides is 6. The quantitative estimate of drug-likeness (QED) is 0.0983. The maximum absolute atomic E-state index is 14.0. The predicted molar refractivity (Wildman–Crippen MR) is 270 cm³/mol. The number of hydrogen-bond acceptors (Lipinski definition) is 20. The zero-order chi connectivity index (χ0) is 55.6. The fourth-order valence-corrected chi connectivity index (χ4v) is 8.59. The molecule has 0 unspecified atom stereocenters. The number of carbonyl (C=O) groups excluding carboxylic acids is 2. The van der Waals surface area contributed by atoms with Gasteiger partial charge in [0.2, 0.25) is 23.1 Å². The molecule has 0 aliphatic carbocycles. The summed E-state index contributed by atoms with van der Waals surface area (Å²) in [6, 6.07) is 0.108. The number of rotatable bonds is 9. The summed E-state index contributed by atoms with van der Waals surface area (Å²) in [6.07, 6.45) is -5.03. The summed E-state index contributed by atoms with van der Waals surface area (Å²) in [6.45, 7) is 16.3. The van der Waals surface area contributed by atoms with Gasteiger partial charge in [0.25, 0.3) is 0 Å². The number of nitrogens with zero attached hydrogens (tertiary/aromatic N) is 15. The number of fused-ring (bicyclic) bond motifs is 2. The summed E-state index contributed by atoms with van der Waals surface area (Å²) in [5, 5.41) is 7.91. The number of morpholine rings is 2. The third-order valence-electron chi connectivity index (χ3n) is 11.3. The van der Waals surface area contributed by atoms with E-state index in [1.165, 1.54) is 24.8 Å². The van der Waals surface area contributed by atoms with Gasteiger partial charge in [0, 0.05) is 76.1 Å². The van der Waals surface area contributed by atoms with Crippen molar-refractivity contribution in [3.63, 3.8) is 0 Å². The SMILES string of the molecule is CC(C)(C)OC(=O)Nc1ncc(-c2nc(N3CCOCC3)c3nc(Cl)n(CC(F)(F)F)c3n2)cn1.C[C@@H]1CN(c2nc3c(N4CCOCC4)nc(-c4cnc(NC(=O)OC(C)(C)C)nc4)nc3n2CC(F)(F)F)C[C@H](C)N1. The Morgan fingerprint density at radius 3 is 1.40 bits per heavy atom. The first-order valence-corrected chi connectivity index (χ1v) is 24.7. The number of hydrogen-bond donors (Lipinski definition) is 3. The van der Waals surface area contributed by atoms with Crippen molar-refractivity contribution in [3.8, 4) is 22.8 Å². The molecule has 0 aromatic carbocycles. The van der Waals surface area contributed by atoms with E-state index in [4.69, 9.17) is 40.5 Å². The highest BCUT2D eigenvalue weighted by Crippen LogP contribution is 2.35. The second-order valence-corrected chi connectivity index (χ2v) is 20.5. The molecule has 24 nitrogen and oxygen atoms in total. The van der Waals surface area contributed by atoms with Crippen molar-refractivity contribution < 1.29 is 54.9 Å². The molecule has 3 fully saturated rings. The van der Waals surface area contributed by atoms with Crippen LogP contribution in [0.4, 0.5) is 65.4 Å². The van der Waals surface area contributed by atoms with Gasteiger partial charge in [0.05, 0.1) is 37.6 Å². The lowest BCUT2D eigenvalue weighted by Crippen LogP contribution is -2.55. The van der Waals surface area contributed by atoms with Crippen LogP contribution < -0.4 is 30.7 Å². The number of imidazole rings is 2. The first-order chi connectivity index (χ1) is 36.1. The molecule has 9 rings (SSSR count). The summed E-state index contributed by atoms with van der Waals surface area (Å²) >= 11 is 6.06. The number of carbonyl (C=O) groups is 2. The van der Waals surface area contributed by atoms with E-state index in [1.54, 1.807) is 41.5 Å². The molecule has 3 saturated heterocycles. The summed E-state index contributed by atoms with van der Waals surface area (Å²) in [5.74, 6) is 1.10. The molecule has 3 N–H and O–H groups in total. The van der Waals surface area contributed by atoms with Gasteiger partial charge in [0.1, 0.15) is 24.3 Å². The van der Waals surface area contributed by atoms with Crippen LogP contribution in [0.25, 0.3) is 45.1 Å². The maximum Gasteiger partial charge on any atom is 0.414 e. The molecule has 0 saturated carbocycles. The highest BCUT2D eigenvalue weighted by molar-refractivity contribution is 6.29. The topological polar surface area (TPSA) is 256 Å². The van der Waals surface area contributed by atoms with Crippen LogP contribution in [0.1, 0.15) is 55.4 Å². The third kappa shape index (κ3) is 14.7. The molecule has 0 spiro atoms. The van der Waals surface area contributed by atoms with Crippen molar-refractivity contribution in [2.45, 2.75) is 104 Å². The molecule has 77 heavy (non-hydrogen) atoms. The molecular formula is C46H57ClF6N18O6. The number of anilines is 5. The fourth-order valence-electron chi connectivity index (χ4n) is 8.37. The van der Waals surface area contributed by atoms with Gasteiger partial charge >= 0.3 is 24.5 Å². The van der Waals surface area contributed by atoms with E-state index >= 15 is 0 Å². The smallest absolute Gasteiger partial charge is 0.414 e. The zero-order valence-electron chi connectivity index (χ0n) is 43.3. The highest BCUT2D eigenvalue weighted by Gasteiger charge is 2.36. The van der Waals surface area contributed by atoms with E-state index in [1.807, 2.05) is 28.5 Å². The second kappa shape index (κ2) is 22.5. The van der Waals surface area contributed by atoms with Gasteiger partial charge < -0.3 is 39.0 Å². The summed E-state index contributed by atoms with van der Waals surface area (Å²) < 4.78 is 105. The van der Waals surface area contributed by atoms with Crippen molar-refractivity contribution in [2.75, 3.05) is 91.0 Å². The Bertz CT molecular complexity index is 3040. The lowest BCUT2D eigenvalue weighted by molar-refractivity contribution is -0.140. The summed E-state index contributed by atoms with van der Waals surface area (Å²) in [7, 11) is 0. The van der Waals surface area contributed by atoms with Crippen LogP contribution in [-0.4, -0.2) is 172 Å². The Labute approximate surface area is 441 Å². The number of halogens is 7. The molecule has 6 aromatic rings. The van der Waals surface area contributed by atoms with Gasteiger partial charge in [-0.2, -0.15) is 26.3 Å². The molecular weight excluding hydrogens is 1050 g/mol. The van der Waals surface area contributed by atoms with Gasteiger partial charge in [-0.15, -0.1) is 0 Å². The Hall–Kier alpha value is -7.05. The molecule has 416 valence electrons. The Morgan fingerprint density at radius 2 is 1.00 bits per heavy atom. The standard InChI is InChI=1S/C26H35F3N10O3.C20H22ClF3N8O3/c1-15-12-38(13-16(2)32-15)23-33-18-20(37-6-8-41-9-7-37)34-19(35-21(18)39(23)14-26(27,28)29)17-10-30-22(31-11-17)36-24(40)42-25(3,4)5;1-19(2,3)35-18(33)30-17-25-8-11(9-26-17)13-28-14(31-4-6-34-7-5-31)12-15(29-13)32(16(21)27-12)10-20(22,23)24/h10-11,15-16,32H,6-9,12-14H2,1-5H3,(H,30,31,36,40);8-9H,4-7,10H2,1-3H3,(H,25,26,30,33)/t15-,16+;. The minimum absolute atomic E-state index is 0.00571. The lowest BCUT2D eigenvalue weighted by Gasteiger charge is -2.37. The molecule has 3 aliphatic heterocycles. The minimum atomic E-state index is -4.54. The van der Waals surface area contributed by atoms with Gasteiger partial charge in [0.15, 0.2) is 45.6 Å². The number of aromatic nitrogens is 12. The number of piperazine rings is 1. The molecule has 31 heteroatoms. The Morgan fingerprint density at radius 1 is 0.610 bits per heavy atom. The number of ether oxygens (including phenoxy) is 4. The number of amides is 2. The van der Waals surface area contributed by atoms with Crippen molar-refractivity contribution in [1.82, 2.24) is 64.3 Å². The first-order valence-electron chi connectivity index (χ1n) is 24.3. The van der Waals surface area contributed by atoms with E-state index in [2.05, 4.69) is 55.8 Å². The molecule has 3 aliphatic rings. The van der Waals surface area contributed by atoms with Crippen molar-refractivity contribution in [2.24, 2.45) is 0 Å². The molecule has 2 atom stereocenters. The van der Waals surface area contributed by atoms with Crippen molar-refractivity contribution in [3.05, 3.63) is 30.1 Å². The van der Waals surface area contributed by atoms with Gasteiger partial charge in [-0.1, -0.05) is 0 Å². The van der Waals surface area contributed by atoms with Crippen molar-refractivity contribution in [1.29, 1.82) is 0 Å². The van der Waals surface area contributed by atoms with Crippen LogP contribution in [0.2, 0.25) is 5.28 Å². The van der Waals surface area contributed by atoms with E-state index in [0.29, 0.717) is 88.5 Å². The highest BCUT2D eigenvalue weighted by atomic mass is 35.5. The molecule has 0 radical (unpaired) electrons. The second-order valence-electron chi connectivity index (χ2n) is 20.2. The van der Waals surface area contributed by atoms with Gasteiger partial charge in [-0.25, -0.2) is 59.4 Å². The summed E-state index contributed by atoms with van der Waals surface area (Å²) in [4.78, 5) is 73.2. The molecule has 9 heterocycles. The lowest BCUT2D eigenvalue weighted by atomic mass is 10.1. The average Bonchev–Trinajstić information content (AvgIpc) is 3.88. The van der Waals surface area contributed by atoms with Crippen LogP contribution in [-0.2, 0) is 32.0 Å². The van der Waals surface area contributed by atoms with Crippen LogP contribution in [0.15, 0.2) is 24.8 Å². The van der Waals surface area contributed by atoms with E-state index < -0.39 is 48.8 Å². The van der Waals surface area contributed by atoms with Gasteiger partial charge in [-0.05, 0) is 67.0 Å². The largest absolute Gasteiger partial charge is 0.444 e. The predicted octanol–water partition coefficient (Wildman–Crippen LogP) is 6.90. The first kappa shape index (κ1) is 56.2. The number of nitrogens with one attached hydrogen (secondary N) is 3. The molecule has 6 aromatic heterocycles. The van der Waals surface area contributed by atoms with Crippen LogP contribution in [0, 0.1) is 0 Å². The molecule has 2 amide bonds. The normalized spacial score (nSPS) is 17.8. The molecule has 0 bridgehead atoms. The zero-order valence-corrected chi connectivity index (χ0v) is 44.0.